The van der Waals surface area contributed by atoms with Crippen molar-refractivity contribution in [3.63, 3.8) is 0 Å². The van der Waals surface area contributed by atoms with Crippen LogP contribution < -0.4 is 0 Å². The van der Waals surface area contributed by atoms with E-state index in [1.807, 2.05) is 24.4 Å². The van der Waals surface area contributed by atoms with Gasteiger partial charge < -0.3 is 0 Å². The third-order valence-electron chi connectivity index (χ3n) is 12.6. The number of nitrogens with zero attached hydrogens (tertiary/aromatic N) is 5. The van der Waals surface area contributed by atoms with E-state index in [-0.39, 0.29) is 0 Å². The van der Waals surface area contributed by atoms with Gasteiger partial charge in [-0.1, -0.05) is 176 Å². The number of aromatic nitrogens is 5. The molecule has 4 aromatic heterocycles. The highest BCUT2D eigenvalue weighted by atomic mass is 15.1. The fourth-order valence-corrected chi connectivity index (χ4v) is 9.57. The molecule has 0 aliphatic rings. The van der Waals surface area contributed by atoms with E-state index in [0.717, 1.165) is 94.2 Å². The molecule has 0 unspecified atom stereocenters. The summed E-state index contributed by atoms with van der Waals surface area (Å²) < 4.78 is 2.07. The molecule has 4 heterocycles. The lowest BCUT2D eigenvalue weighted by atomic mass is 9.94. The lowest BCUT2D eigenvalue weighted by Crippen LogP contribution is -1.98. The summed E-state index contributed by atoms with van der Waals surface area (Å²) in [5.74, 6) is 0.699. The lowest BCUT2D eigenvalue weighted by Gasteiger charge is -2.15. The van der Waals surface area contributed by atoms with Crippen LogP contribution in [0.5, 0.6) is 0 Å². The van der Waals surface area contributed by atoms with Crippen LogP contribution in [-0.2, 0) is 0 Å². The number of benzene rings is 9. The first kappa shape index (κ1) is 35.2. The normalized spacial score (nSPS) is 11.8. The van der Waals surface area contributed by atoms with Crippen LogP contribution in [0.2, 0.25) is 0 Å². The van der Waals surface area contributed by atoms with Gasteiger partial charge in [-0.25, -0.2) is 19.9 Å². The van der Waals surface area contributed by atoms with Crippen molar-refractivity contribution in [2.45, 2.75) is 0 Å². The van der Waals surface area contributed by atoms with Gasteiger partial charge in [-0.2, -0.15) is 0 Å². The van der Waals surface area contributed by atoms with Crippen molar-refractivity contribution >= 4 is 70.7 Å². The van der Waals surface area contributed by atoms with E-state index in [1.54, 1.807) is 0 Å². The molecule has 0 saturated carbocycles. The molecule has 5 nitrogen and oxygen atoms in total. The predicted molar refractivity (Wildman–Crippen MR) is 261 cm³/mol. The molecule has 0 N–H and O–H groups in total. The molecule has 5 heteroatoms. The smallest absolute Gasteiger partial charge is 0.165 e. The molecule has 63 heavy (non-hydrogen) atoms. The van der Waals surface area contributed by atoms with Gasteiger partial charge in [0.05, 0.1) is 17.1 Å². The van der Waals surface area contributed by atoms with Gasteiger partial charge in [0, 0.05) is 39.2 Å². The van der Waals surface area contributed by atoms with Crippen LogP contribution in [0.15, 0.2) is 212 Å². The maximum atomic E-state index is 5.44. The van der Waals surface area contributed by atoms with Crippen LogP contribution in [0, 0.1) is 0 Å². The topological polar surface area (TPSA) is 56.0 Å². The number of imidazole rings is 1. The first-order chi connectivity index (χ1) is 31.2. The SMILES string of the molecule is c1ccc2c(c1)cc(-c1cc(-c3ccc(-c4ccc(-c5nc6c(nc7ccccn76)c6ccccc56)cc4)cc3)nc(-c3cc4ccccc4c4ccccc34)n1)c1ccccc12. The highest BCUT2D eigenvalue weighted by Gasteiger charge is 2.18. The summed E-state index contributed by atoms with van der Waals surface area (Å²) in [4.78, 5) is 21.0. The lowest BCUT2D eigenvalue weighted by molar-refractivity contribution is 1.19. The van der Waals surface area contributed by atoms with Crippen molar-refractivity contribution in [2.24, 2.45) is 0 Å². The van der Waals surface area contributed by atoms with Crippen molar-refractivity contribution in [1.29, 1.82) is 0 Å². The molecule has 0 aliphatic carbocycles. The van der Waals surface area contributed by atoms with E-state index < -0.39 is 0 Å². The quantitative estimate of drug-likeness (QED) is 0.163. The molecule has 0 amide bonds. The zero-order valence-corrected chi connectivity index (χ0v) is 33.9. The van der Waals surface area contributed by atoms with E-state index in [9.17, 15) is 0 Å². The Bertz CT molecular complexity index is 3820. The van der Waals surface area contributed by atoms with Gasteiger partial charge in [-0.3, -0.25) is 4.40 Å². The van der Waals surface area contributed by atoms with Crippen LogP contribution in [0.25, 0.3) is 127 Å². The zero-order chi connectivity index (χ0) is 41.4. The Balaban J connectivity index is 0.936. The van der Waals surface area contributed by atoms with Gasteiger partial charge in [-0.15, -0.1) is 0 Å². The third-order valence-corrected chi connectivity index (χ3v) is 12.6. The number of pyridine rings is 2. The Hall–Kier alpha value is -8.54. The second-order valence-corrected chi connectivity index (χ2v) is 16.2. The van der Waals surface area contributed by atoms with Crippen LogP contribution >= 0.6 is 0 Å². The molecule has 13 aromatic rings. The minimum Gasteiger partial charge on any atom is -0.284 e. The average Bonchev–Trinajstić information content (AvgIpc) is 3.74. The molecule has 0 atom stereocenters. The first-order valence-electron chi connectivity index (χ1n) is 21.3. The van der Waals surface area contributed by atoms with Crippen molar-refractivity contribution in [1.82, 2.24) is 24.3 Å². The second kappa shape index (κ2) is 14.0. The fourth-order valence-electron chi connectivity index (χ4n) is 9.57. The summed E-state index contributed by atoms with van der Waals surface area (Å²) in [5.41, 5.74) is 11.8. The molecule has 0 saturated heterocycles. The molecule has 0 fully saturated rings. The Morgan fingerprint density at radius 3 is 1.48 bits per heavy atom. The minimum atomic E-state index is 0.699. The van der Waals surface area contributed by atoms with Gasteiger partial charge in [-0.05, 0) is 84.5 Å². The summed E-state index contributed by atoms with van der Waals surface area (Å²) in [6.07, 6.45) is 2.03. The monoisotopic (exact) mass is 801 g/mol. The largest absolute Gasteiger partial charge is 0.284 e. The van der Waals surface area contributed by atoms with Crippen molar-refractivity contribution in [3.05, 3.63) is 212 Å². The van der Waals surface area contributed by atoms with E-state index in [1.165, 1.54) is 26.9 Å². The number of fused-ring (bicyclic) bond motifs is 11. The Kier molecular flexibility index (Phi) is 7.84. The zero-order valence-electron chi connectivity index (χ0n) is 33.9. The Morgan fingerprint density at radius 2 is 0.810 bits per heavy atom. The molecular weight excluding hydrogens is 767 g/mol. The Morgan fingerprint density at radius 1 is 0.317 bits per heavy atom. The maximum absolute atomic E-state index is 5.44. The summed E-state index contributed by atoms with van der Waals surface area (Å²) >= 11 is 0. The van der Waals surface area contributed by atoms with E-state index >= 15 is 0 Å². The summed E-state index contributed by atoms with van der Waals surface area (Å²) in [6, 6.07) is 73.1. The highest BCUT2D eigenvalue weighted by Crippen LogP contribution is 2.40. The molecule has 13 rings (SSSR count). The summed E-state index contributed by atoms with van der Waals surface area (Å²) in [7, 11) is 0. The Labute approximate surface area is 362 Å². The number of hydrogen-bond donors (Lipinski definition) is 0. The summed E-state index contributed by atoms with van der Waals surface area (Å²) in [5, 5.41) is 11.7. The number of hydrogen-bond acceptors (Lipinski definition) is 4. The van der Waals surface area contributed by atoms with Gasteiger partial charge in [0.1, 0.15) is 11.2 Å². The molecule has 0 spiro atoms. The van der Waals surface area contributed by atoms with E-state index in [0.29, 0.717) is 5.82 Å². The van der Waals surface area contributed by atoms with Crippen LogP contribution in [-0.4, -0.2) is 24.3 Å². The second-order valence-electron chi connectivity index (χ2n) is 16.2. The summed E-state index contributed by atoms with van der Waals surface area (Å²) in [6.45, 7) is 0. The van der Waals surface area contributed by atoms with Crippen LogP contribution in [0.4, 0.5) is 0 Å². The number of rotatable bonds is 5. The minimum absolute atomic E-state index is 0.699. The van der Waals surface area contributed by atoms with Crippen molar-refractivity contribution < 1.29 is 0 Å². The van der Waals surface area contributed by atoms with Gasteiger partial charge in [0.25, 0.3) is 0 Å². The fraction of sp³-hybridized carbons (Fsp3) is 0. The van der Waals surface area contributed by atoms with Crippen molar-refractivity contribution in [3.8, 4) is 56.3 Å². The van der Waals surface area contributed by atoms with Gasteiger partial charge in [0.15, 0.2) is 11.5 Å². The van der Waals surface area contributed by atoms with Crippen LogP contribution in [0.3, 0.4) is 0 Å². The molecule has 0 aliphatic heterocycles. The van der Waals surface area contributed by atoms with Crippen molar-refractivity contribution in [2.75, 3.05) is 0 Å². The first-order valence-corrected chi connectivity index (χ1v) is 21.3. The van der Waals surface area contributed by atoms with Crippen LogP contribution in [0.1, 0.15) is 0 Å². The molecule has 0 bridgehead atoms. The average molecular weight is 802 g/mol. The van der Waals surface area contributed by atoms with Gasteiger partial charge in [0.2, 0.25) is 0 Å². The standard InChI is InChI=1S/C58H35N5/c1-3-15-42-40(13-1)33-50(46-19-7-5-17-44(42)46)53-35-52(59-57(60-53)51-34-41-14-2-4-16-43(41)45-18-6-8-20-47(45)51)38-28-24-36(25-29-38)37-26-30-39(31-27-37)55-48-21-9-10-22-49(48)56-58(62-55)63-32-12-11-23-54(63)61-56/h1-35H. The predicted octanol–water partition coefficient (Wildman–Crippen LogP) is 14.8. The molecule has 0 radical (unpaired) electrons. The molecular formula is C58H35N5. The van der Waals surface area contributed by atoms with E-state index in [4.69, 9.17) is 19.9 Å². The maximum Gasteiger partial charge on any atom is 0.165 e. The highest BCUT2D eigenvalue weighted by molar-refractivity contribution is 6.15. The van der Waals surface area contributed by atoms with Gasteiger partial charge >= 0.3 is 0 Å². The molecule has 292 valence electrons. The van der Waals surface area contributed by atoms with E-state index in [2.05, 4.69) is 192 Å². The third kappa shape index (κ3) is 5.71. The molecule has 9 aromatic carbocycles.